The summed E-state index contributed by atoms with van der Waals surface area (Å²) in [4.78, 5) is 36.7. The number of fused-ring (bicyclic) bond motifs is 1. The second-order valence-corrected chi connectivity index (χ2v) is 8.86. The summed E-state index contributed by atoms with van der Waals surface area (Å²) in [5.41, 5.74) is 2.78. The molecule has 0 N–H and O–H groups in total. The van der Waals surface area contributed by atoms with E-state index < -0.39 is 12.0 Å². The Bertz CT molecular complexity index is 1010. The zero-order valence-electron chi connectivity index (χ0n) is 18.8. The Morgan fingerprint density at radius 2 is 1.94 bits per heavy atom. The van der Waals surface area contributed by atoms with Crippen LogP contribution in [0.3, 0.4) is 0 Å². The van der Waals surface area contributed by atoms with Gasteiger partial charge in [0.1, 0.15) is 5.75 Å². The van der Waals surface area contributed by atoms with Gasteiger partial charge in [0.25, 0.3) is 0 Å². The van der Waals surface area contributed by atoms with Gasteiger partial charge in [-0.3, -0.25) is 4.79 Å². The van der Waals surface area contributed by atoms with Crippen molar-refractivity contribution in [2.75, 3.05) is 47.4 Å². The Hall–Kier alpha value is -2.78. The molecule has 1 fully saturated rings. The van der Waals surface area contributed by atoms with Crippen molar-refractivity contribution in [1.29, 1.82) is 0 Å². The third kappa shape index (κ3) is 4.27. The number of amidine groups is 1. The molecule has 4 rings (SSSR count). The van der Waals surface area contributed by atoms with Gasteiger partial charge in [-0.25, -0.2) is 9.79 Å². The molecule has 32 heavy (non-hydrogen) atoms. The number of amides is 1. The molecule has 1 amide bonds. The van der Waals surface area contributed by atoms with Crippen LogP contribution in [0.4, 0.5) is 0 Å². The average molecular weight is 457 g/mol. The minimum absolute atomic E-state index is 0.0847. The van der Waals surface area contributed by atoms with Crippen molar-refractivity contribution in [3.8, 4) is 5.75 Å². The van der Waals surface area contributed by atoms with Crippen LogP contribution in [-0.2, 0) is 14.3 Å². The SMILES string of the molecule is COC(=O)C1=C(C)N=C2SC=C(CC(=O)N3CCN(C)CC3)N2C1c1cccc(OC)c1. The fraction of sp³-hybridized carbons (Fsp3) is 0.435. The van der Waals surface area contributed by atoms with Crippen LogP contribution >= 0.6 is 11.8 Å². The molecule has 0 aliphatic carbocycles. The maximum absolute atomic E-state index is 13.1. The molecule has 1 atom stereocenters. The maximum Gasteiger partial charge on any atom is 0.338 e. The molecule has 3 heterocycles. The number of methoxy groups -OCH3 is 2. The topological polar surface area (TPSA) is 74.7 Å². The number of ether oxygens (including phenoxy) is 2. The highest BCUT2D eigenvalue weighted by molar-refractivity contribution is 8.16. The quantitative estimate of drug-likeness (QED) is 0.631. The molecule has 170 valence electrons. The average Bonchev–Trinajstić information content (AvgIpc) is 3.19. The first-order valence-corrected chi connectivity index (χ1v) is 11.4. The first kappa shape index (κ1) is 22.4. The van der Waals surface area contributed by atoms with Crippen molar-refractivity contribution in [3.05, 3.63) is 52.2 Å². The molecule has 9 heteroatoms. The second-order valence-electron chi connectivity index (χ2n) is 8.02. The standard InChI is InChI=1S/C23H28N4O4S/c1-15-20(22(29)31-4)21(16-6-5-7-18(12-16)30-3)27-17(14-32-23(27)24-15)13-19(28)26-10-8-25(2)9-11-26/h5-7,12,14,21H,8-11,13H2,1-4H3. The van der Waals surface area contributed by atoms with Gasteiger partial charge >= 0.3 is 5.97 Å². The molecule has 0 radical (unpaired) electrons. The van der Waals surface area contributed by atoms with Gasteiger partial charge in [0.15, 0.2) is 5.17 Å². The Kier molecular flexibility index (Phi) is 6.57. The second kappa shape index (κ2) is 9.38. The van der Waals surface area contributed by atoms with Crippen LogP contribution in [0, 0.1) is 0 Å². The lowest BCUT2D eigenvalue weighted by Crippen LogP contribution is -2.47. The monoisotopic (exact) mass is 456 g/mol. The third-order valence-corrected chi connectivity index (χ3v) is 6.89. The van der Waals surface area contributed by atoms with Crippen LogP contribution < -0.4 is 4.74 Å². The lowest BCUT2D eigenvalue weighted by atomic mass is 9.93. The molecule has 0 saturated carbocycles. The zero-order chi connectivity index (χ0) is 22.8. The van der Waals surface area contributed by atoms with Gasteiger partial charge in [0.2, 0.25) is 5.91 Å². The number of piperazine rings is 1. The van der Waals surface area contributed by atoms with E-state index in [2.05, 4.69) is 16.9 Å². The van der Waals surface area contributed by atoms with Crippen molar-refractivity contribution in [2.24, 2.45) is 4.99 Å². The van der Waals surface area contributed by atoms with Gasteiger partial charge in [0.05, 0.1) is 38.0 Å². The number of carbonyl (C=O) groups is 2. The van der Waals surface area contributed by atoms with Crippen molar-refractivity contribution < 1.29 is 19.1 Å². The molecule has 1 aromatic carbocycles. The number of thioether (sulfide) groups is 1. The number of aliphatic imine (C=N–C) groups is 1. The molecule has 0 bridgehead atoms. The number of hydrogen-bond acceptors (Lipinski definition) is 8. The first-order valence-electron chi connectivity index (χ1n) is 10.6. The molecular weight excluding hydrogens is 428 g/mol. The molecule has 3 aliphatic heterocycles. The van der Waals surface area contributed by atoms with E-state index >= 15 is 0 Å². The van der Waals surface area contributed by atoms with Gasteiger partial charge in [-0.2, -0.15) is 0 Å². The summed E-state index contributed by atoms with van der Waals surface area (Å²) in [5, 5.41) is 2.72. The summed E-state index contributed by atoms with van der Waals surface area (Å²) < 4.78 is 10.5. The summed E-state index contributed by atoms with van der Waals surface area (Å²) in [6, 6.07) is 7.17. The Morgan fingerprint density at radius 1 is 1.19 bits per heavy atom. The fourth-order valence-electron chi connectivity index (χ4n) is 4.19. The molecule has 1 aromatic rings. The minimum atomic E-state index is -0.452. The highest BCUT2D eigenvalue weighted by Crippen LogP contribution is 2.45. The lowest BCUT2D eigenvalue weighted by Gasteiger charge is -2.37. The van der Waals surface area contributed by atoms with E-state index in [4.69, 9.17) is 9.47 Å². The van der Waals surface area contributed by atoms with Gasteiger partial charge in [-0.05, 0) is 37.1 Å². The fourth-order valence-corrected chi connectivity index (χ4v) is 5.15. The number of nitrogens with zero attached hydrogens (tertiary/aromatic N) is 4. The highest BCUT2D eigenvalue weighted by atomic mass is 32.2. The molecule has 8 nitrogen and oxygen atoms in total. The Balaban J connectivity index is 1.67. The van der Waals surface area contributed by atoms with Gasteiger partial charge < -0.3 is 24.2 Å². The number of carbonyl (C=O) groups excluding carboxylic acids is 2. The van der Waals surface area contributed by atoms with E-state index in [-0.39, 0.29) is 12.3 Å². The predicted molar refractivity (Wildman–Crippen MR) is 124 cm³/mol. The van der Waals surface area contributed by atoms with E-state index in [1.807, 2.05) is 46.4 Å². The van der Waals surface area contributed by atoms with Crippen molar-refractivity contribution >= 4 is 28.8 Å². The summed E-state index contributed by atoms with van der Waals surface area (Å²) in [6.45, 7) is 5.01. The molecule has 0 spiro atoms. The number of allylic oxidation sites excluding steroid dienone is 1. The zero-order valence-corrected chi connectivity index (χ0v) is 19.6. The largest absolute Gasteiger partial charge is 0.497 e. The summed E-state index contributed by atoms with van der Waals surface area (Å²) in [5.74, 6) is 0.348. The predicted octanol–water partition coefficient (Wildman–Crippen LogP) is 2.61. The van der Waals surface area contributed by atoms with Crippen LogP contribution in [0.2, 0.25) is 0 Å². The molecule has 1 unspecified atom stereocenters. The summed E-state index contributed by atoms with van der Waals surface area (Å²) in [7, 11) is 5.05. The molecule has 0 aromatic heterocycles. The summed E-state index contributed by atoms with van der Waals surface area (Å²) >= 11 is 1.47. The Labute approximate surface area is 192 Å². The van der Waals surface area contributed by atoms with Crippen LogP contribution in [0.25, 0.3) is 0 Å². The van der Waals surface area contributed by atoms with E-state index in [0.717, 1.165) is 42.6 Å². The van der Waals surface area contributed by atoms with Gasteiger partial charge in [-0.15, -0.1) is 0 Å². The lowest BCUT2D eigenvalue weighted by molar-refractivity contribution is -0.136. The smallest absolute Gasteiger partial charge is 0.338 e. The molecular formula is C23H28N4O4S. The van der Waals surface area contributed by atoms with Crippen LogP contribution in [0.1, 0.15) is 24.9 Å². The van der Waals surface area contributed by atoms with Crippen molar-refractivity contribution in [1.82, 2.24) is 14.7 Å². The molecule has 1 saturated heterocycles. The van der Waals surface area contributed by atoms with E-state index in [9.17, 15) is 9.59 Å². The maximum atomic E-state index is 13.1. The van der Waals surface area contributed by atoms with Crippen molar-refractivity contribution in [3.63, 3.8) is 0 Å². The minimum Gasteiger partial charge on any atom is -0.497 e. The number of hydrogen-bond donors (Lipinski definition) is 0. The van der Waals surface area contributed by atoms with Crippen molar-refractivity contribution in [2.45, 2.75) is 19.4 Å². The van der Waals surface area contributed by atoms with Crippen LogP contribution in [0.5, 0.6) is 5.75 Å². The van der Waals surface area contributed by atoms with E-state index in [1.54, 1.807) is 7.11 Å². The Morgan fingerprint density at radius 3 is 2.62 bits per heavy atom. The third-order valence-electron chi connectivity index (χ3n) is 6.00. The van der Waals surface area contributed by atoms with E-state index in [0.29, 0.717) is 17.0 Å². The van der Waals surface area contributed by atoms with Crippen LogP contribution in [-0.4, -0.2) is 79.2 Å². The number of esters is 1. The van der Waals surface area contributed by atoms with E-state index in [1.165, 1.54) is 18.9 Å². The first-order chi connectivity index (χ1) is 15.4. The van der Waals surface area contributed by atoms with Crippen LogP contribution in [0.15, 0.2) is 51.6 Å². The summed E-state index contributed by atoms with van der Waals surface area (Å²) in [6.07, 6.45) is 0.254. The van der Waals surface area contributed by atoms with Gasteiger partial charge in [0, 0.05) is 31.9 Å². The number of rotatable bonds is 5. The number of benzene rings is 1. The molecule has 3 aliphatic rings. The van der Waals surface area contributed by atoms with Gasteiger partial charge in [-0.1, -0.05) is 23.9 Å². The number of likely N-dealkylation sites (N-methyl/N-ethyl adjacent to an activating group) is 1. The highest BCUT2D eigenvalue weighted by Gasteiger charge is 2.41. The normalized spacial score (nSPS) is 21.2.